The lowest BCUT2D eigenvalue weighted by atomic mass is 10.1. The van der Waals surface area contributed by atoms with Crippen molar-refractivity contribution in [3.63, 3.8) is 0 Å². The van der Waals surface area contributed by atoms with E-state index in [4.69, 9.17) is 4.74 Å². The van der Waals surface area contributed by atoms with E-state index in [0.717, 1.165) is 0 Å². The van der Waals surface area contributed by atoms with Gasteiger partial charge in [0, 0.05) is 11.6 Å². The van der Waals surface area contributed by atoms with Crippen LogP contribution in [0.3, 0.4) is 0 Å². The summed E-state index contributed by atoms with van der Waals surface area (Å²) < 4.78 is 41.4. The third-order valence-corrected chi connectivity index (χ3v) is 3.18. The van der Waals surface area contributed by atoms with Gasteiger partial charge < -0.3 is 15.4 Å². The normalized spacial score (nSPS) is 11.2. The van der Waals surface area contributed by atoms with E-state index in [1.165, 1.54) is 6.20 Å². The van der Waals surface area contributed by atoms with Gasteiger partial charge in [0.25, 0.3) is 0 Å². The van der Waals surface area contributed by atoms with E-state index in [2.05, 4.69) is 10.3 Å². The Morgan fingerprint density at radius 3 is 2.64 bits per heavy atom. The van der Waals surface area contributed by atoms with Crippen LogP contribution in [-0.4, -0.2) is 42.7 Å². The van der Waals surface area contributed by atoms with Gasteiger partial charge in [-0.1, -0.05) is 18.2 Å². The van der Waals surface area contributed by atoms with Gasteiger partial charge in [-0.2, -0.15) is 13.2 Å². The molecule has 0 atom stereocenters. The van der Waals surface area contributed by atoms with Gasteiger partial charge in [-0.15, -0.1) is 0 Å². The molecule has 9 heteroatoms. The molecule has 0 aliphatic carbocycles. The molecule has 0 aliphatic heterocycles. The second-order valence-corrected chi connectivity index (χ2v) is 5.03. The second kappa shape index (κ2) is 7.82. The van der Waals surface area contributed by atoms with Gasteiger partial charge in [-0.3, -0.25) is 9.78 Å². The zero-order valence-corrected chi connectivity index (χ0v) is 13.3. The van der Waals surface area contributed by atoms with E-state index >= 15 is 0 Å². The van der Waals surface area contributed by atoms with Crippen LogP contribution in [0.15, 0.2) is 30.5 Å². The van der Waals surface area contributed by atoms with Gasteiger partial charge in [0.15, 0.2) is 0 Å². The van der Waals surface area contributed by atoms with Gasteiger partial charge in [0.05, 0.1) is 24.4 Å². The number of benzene rings is 1. The number of aromatic nitrogens is 1. The quantitative estimate of drug-likeness (QED) is 0.779. The fourth-order valence-corrected chi connectivity index (χ4v) is 2.13. The molecule has 2 rings (SSSR count). The molecular weight excluding hydrogens is 339 g/mol. The predicted octanol–water partition coefficient (Wildman–Crippen LogP) is 2.50. The van der Waals surface area contributed by atoms with Crippen LogP contribution in [0.25, 0.3) is 10.9 Å². The number of hydrogen-bond acceptors (Lipinski definition) is 5. The zero-order valence-electron chi connectivity index (χ0n) is 13.3. The maximum Gasteiger partial charge on any atom is 0.405 e. The minimum atomic E-state index is -4.49. The molecule has 1 amide bonds. The first kappa shape index (κ1) is 18.5. The topological polar surface area (TPSA) is 80.3 Å². The number of carbonyl (C=O) groups is 2. The summed E-state index contributed by atoms with van der Waals surface area (Å²) in [5, 5.41) is 5.02. The predicted molar refractivity (Wildman–Crippen MR) is 85.3 cm³/mol. The third kappa shape index (κ3) is 5.07. The molecule has 2 N–H and O–H groups in total. The Bertz CT molecular complexity index is 778. The first-order valence-electron chi connectivity index (χ1n) is 7.44. The average Bonchev–Trinajstić information content (AvgIpc) is 2.57. The van der Waals surface area contributed by atoms with E-state index in [1.807, 2.05) is 0 Å². The smallest absolute Gasteiger partial charge is 0.405 e. The van der Waals surface area contributed by atoms with Crippen molar-refractivity contribution in [2.75, 3.05) is 25.0 Å². The molecule has 0 saturated carbocycles. The van der Waals surface area contributed by atoms with Crippen molar-refractivity contribution >= 4 is 28.5 Å². The standard InChI is InChI=1S/C16H16F3N3O3/c1-2-25-15(24)11-7-20-12-6-4-3-5-10(12)14(11)21-8-13(23)22-9-16(17,18)19/h3-7H,2,8-9H2,1H3,(H,20,21)(H,22,23). The number of nitrogens with zero attached hydrogens (tertiary/aromatic N) is 1. The number of alkyl halides is 3. The number of pyridine rings is 1. The summed E-state index contributed by atoms with van der Waals surface area (Å²) in [7, 11) is 0. The molecule has 2 aromatic rings. The molecule has 0 radical (unpaired) electrons. The summed E-state index contributed by atoms with van der Waals surface area (Å²) in [4.78, 5) is 27.8. The molecule has 25 heavy (non-hydrogen) atoms. The Hall–Kier alpha value is -2.84. The minimum absolute atomic E-state index is 0.101. The first-order valence-corrected chi connectivity index (χ1v) is 7.44. The lowest BCUT2D eigenvalue weighted by molar-refractivity contribution is -0.137. The number of ether oxygens (including phenoxy) is 1. The number of esters is 1. The summed E-state index contributed by atoms with van der Waals surface area (Å²) >= 11 is 0. The number of amides is 1. The summed E-state index contributed by atoms with van der Waals surface area (Å²) in [6, 6.07) is 6.85. The van der Waals surface area contributed by atoms with Crippen molar-refractivity contribution in [2.24, 2.45) is 0 Å². The minimum Gasteiger partial charge on any atom is -0.462 e. The van der Waals surface area contributed by atoms with Crippen molar-refractivity contribution in [1.29, 1.82) is 0 Å². The number of nitrogens with one attached hydrogen (secondary N) is 2. The largest absolute Gasteiger partial charge is 0.462 e. The first-order chi connectivity index (χ1) is 11.8. The summed E-state index contributed by atoms with van der Waals surface area (Å²) in [5.74, 6) is -1.49. The highest BCUT2D eigenvalue weighted by atomic mass is 19.4. The SMILES string of the molecule is CCOC(=O)c1cnc2ccccc2c1NCC(=O)NCC(F)(F)F. The fraction of sp³-hybridized carbons (Fsp3) is 0.312. The van der Waals surface area contributed by atoms with E-state index in [9.17, 15) is 22.8 Å². The fourth-order valence-electron chi connectivity index (χ4n) is 2.13. The van der Waals surface area contributed by atoms with Crippen LogP contribution in [0.5, 0.6) is 0 Å². The van der Waals surface area contributed by atoms with E-state index in [1.54, 1.807) is 36.5 Å². The van der Waals surface area contributed by atoms with Gasteiger partial charge in [-0.05, 0) is 13.0 Å². The van der Waals surface area contributed by atoms with Gasteiger partial charge in [0.1, 0.15) is 12.1 Å². The maximum absolute atomic E-state index is 12.1. The summed E-state index contributed by atoms with van der Waals surface area (Å²) in [5.41, 5.74) is 0.948. The van der Waals surface area contributed by atoms with Gasteiger partial charge in [-0.25, -0.2) is 4.79 Å². The lowest BCUT2D eigenvalue weighted by Gasteiger charge is -2.14. The molecule has 0 fully saturated rings. The van der Waals surface area contributed by atoms with E-state index < -0.39 is 31.1 Å². The number of para-hydroxylation sites is 1. The Labute approximate surface area is 141 Å². The summed E-state index contributed by atoms with van der Waals surface area (Å²) in [6.45, 7) is -0.0624. The van der Waals surface area contributed by atoms with Crippen LogP contribution in [0, 0.1) is 0 Å². The van der Waals surface area contributed by atoms with Crippen LogP contribution in [0.2, 0.25) is 0 Å². The molecule has 0 bridgehead atoms. The molecule has 0 spiro atoms. The van der Waals surface area contributed by atoms with Crippen molar-refractivity contribution in [2.45, 2.75) is 13.1 Å². The van der Waals surface area contributed by atoms with Crippen molar-refractivity contribution in [3.05, 3.63) is 36.0 Å². The number of hydrogen-bond donors (Lipinski definition) is 2. The Balaban J connectivity index is 2.23. The molecule has 6 nitrogen and oxygen atoms in total. The average molecular weight is 355 g/mol. The Kier molecular flexibility index (Phi) is 5.79. The third-order valence-electron chi connectivity index (χ3n) is 3.18. The number of anilines is 1. The van der Waals surface area contributed by atoms with Crippen LogP contribution in [0.1, 0.15) is 17.3 Å². The molecule has 134 valence electrons. The zero-order chi connectivity index (χ0) is 18.4. The number of carbonyl (C=O) groups excluding carboxylic acids is 2. The maximum atomic E-state index is 12.1. The Morgan fingerprint density at radius 1 is 1.24 bits per heavy atom. The highest BCUT2D eigenvalue weighted by Crippen LogP contribution is 2.26. The molecule has 0 aliphatic rings. The van der Waals surface area contributed by atoms with E-state index in [-0.39, 0.29) is 17.9 Å². The van der Waals surface area contributed by atoms with Gasteiger partial charge in [0.2, 0.25) is 5.91 Å². The van der Waals surface area contributed by atoms with Crippen LogP contribution in [0.4, 0.5) is 18.9 Å². The Morgan fingerprint density at radius 2 is 1.96 bits per heavy atom. The molecule has 1 aromatic heterocycles. The molecular formula is C16H16F3N3O3. The van der Waals surface area contributed by atoms with Crippen molar-refractivity contribution in [1.82, 2.24) is 10.3 Å². The van der Waals surface area contributed by atoms with Crippen LogP contribution >= 0.6 is 0 Å². The monoisotopic (exact) mass is 355 g/mol. The van der Waals surface area contributed by atoms with Gasteiger partial charge >= 0.3 is 12.1 Å². The molecule has 1 heterocycles. The highest BCUT2D eigenvalue weighted by molar-refractivity contribution is 6.05. The van der Waals surface area contributed by atoms with Crippen molar-refractivity contribution in [3.8, 4) is 0 Å². The highest BCUT2D eigenvalue weighted by Gasteiger charge is 2.27. The molecule has 1 aromatic carbocycles. The lowest BCUT2D eigenvalue weighted by Crippen LogP contribution is -2.37. The van der Waals surface area contributed by atoms with Crippen LogP contribution in [-0.2, 0) is 9.53 Å². The second-order valence-electron chi connectivity index (χ2n) is 5.03. The number of halogens is 3. The molecule has 0 unspecified atom stereocenters. The number of fused-ring (bicyclic) bond motifs is 1. The summed E-state index contributed by atoms with van der Waals surface area (Å²) in [6.07, 6.45) is -3.19. The van der Waals surface area contributed by atoms with E-state index in [0.29, 0.717) is 10.9 Å². The number of rotatable bonds is 6. The van der Waals surface area contributed by atoms with Crippen molar-refractivity contribution < 1.29 is 27.5 Å². The molecule has 0 saturated heterocycles. The van der Waals surface area contributed by atoms with Crippen LogP contribution < -0.4 is 10.6 Å².